The van der Waals surface area contributed by atoms with Gasteiger partial charge in [-0.05, 0) is 49.9 Å². The lowest BCUT2D eigenvalue weighted by Gasteiger charge is -2.35. The number of nitrogens with one attached hydrogen (secondary N) is 2. The monoisotopic (exact) mass is 429 g/mol. The average Bonchev–Trinajstić information content (AvgIpc) is 2.74. The van der Waals surface area contributed by atoms with Crippen LogP contribution >= 0.6 is 0 Å². The van der Waals surface area contributed by atoms with Crippen LogP contribution in [0.4, 0.5) is 14.5 Å². The number of amides is 2. The minimum atomic E-state index is -0.870. The van der Waals surface area contributed by atoms with E-state index in [1.807, 2.05) is 31.2 Å². The van der Waals surface area contributed by atoms with E-state index in [0.717, 1.165) is 17.8 Å². The third kappa shape index (κ3) is 5.60. The highest BCUT2D eigenvalue weighted by molar-refractivity contribution is 6.00. The predicted octanol–water partition coefficient (Wildman–Crippen LogP) is 4.14. The number of benzene rings is 2. The second-order valence-corrected chi connectivity index (χ2v) is 8.38. The van der Waals surface area contributed by atoms with Crippen LogP contribution in [0.5, 0.6) is 0 Å². The SMILES string of the molecule is CC(C)C(C)NC(=O)c1ccccc1N1CCC(NC(=O)c2ccc(F)cc2F)CC1. The molecule has 0 aromatic heterocycles. The largest absolute Gasteiger partial charge is 0.371 e. The Balaban J connectivity index is 1.62. The molecule has 2 aromatic rings. The summed E-state index contributed by atoms with van der Waals surface area (Å²) < 4.78 is 26.9. The van der Waals surface area contributed by atoms with Crippen molar-refractivity contribution in [3.8, 4) is 0 Å². The van der Waals surface area contributed by atoms with Crippen LogP contribution in [0.2, 0.25) is 0 Å². The molecule has 1 aliphatic rings. The Morgan fingerprint density at radius 3 is 2.29 bits per heavy atom. The van der Waals surface area contributed by atoms with Crippen LogP contribution in [0.1, 0.15) is 54.3 Å². The van der Waals surface area contributed by atoms with E-state index >= 15 is 0 Å². The van der Waals surface area contributed by atoms with Gasteiger partial charge in [-0.25, -0.2) is 8.78 Å². The first-order valence-electron chi connectivity index (χ1n) is 10.7. The van der Waals surface area contributed by atoms with Crippen molar-refractivity contribution >= 4 is 17.5 Å². The van der Waals surface area contributed by atoms with Gasteiger partial charge in [0, 0.05) is 36.9 Å². The number of carbonyl (C=O) groups is 2. The van der Waals surface area contributed by atoms with Crippen molar-refractivity contribution in [3.05, 3.63) is 65.2 Å². The van der Waals surface area contributed by atoms with Gasteiger partial charge in [0.2, 0.25) is 0 Å². The summed E-state index contributed by atoms with van der Waals surface area (Å²) in [5.41, 5.74) is 1.33. The number of halogens is 2. The molecule has 166 valence electrons. The van der Waals surface area contributed by atoms with E-state index in [0.29, 0.717) is 43.5 Å². The molecule has 1 saturated heterocycles. The maximum atomic E-state index is 13.9. The molecule has 31 heavy (non-hydrogen) atoms. The van der Waals surface area contributed by atoms with Crippen molar-refractivity contribution in [3.63, 3.8) is 0 Å². The first-order valence-corrected chi connectivity index (χ1v) is 10.7. The van der Waals surface area contributed by atoms with Gasteiger partial charge in [-0.3, -0.25) is 9.59 Å². The van der Waals surface area contributed by atoms with E-state index in [9.17, 15) is 18.4 Å². The molecule has 1 aliphatic heterocycles. The molecule has 0 aliphatic carbocycles. The summed E-state index contributed by atoms with van der Waals surface area (Å²) in [4.78, 5) is 27.3. The highest BCUT2D eigenvalue weighted by Gasteiger charge is 2.25. The Bertz CT molecular complexity index is 940. The number of piperidine rings is 1. The highest BCUT2D eigenvalue weighted by atomic mass is 19.1. The molecule has 0 spiro atoms. The Labute approximate surface area is 181 Å². The first-order chi connectivity index (χ1) is 14.8. The third-order valence-corrected chi connectivity index (χ3v) is 5.85. The normalized spacial score (nSPS) is 15.6. The third-order valence-electron chi connectivity index (χ3n) is 5.85. The van der Waals surface area contributed by atoms with Crippen molar-refractivity contribution in [2.45, 2.75) is 45.7 Å². The lowest BCUT2D eigenvalue weighted by Crippen LogP contribution is -2.45. The van der Waals surface area contributed by atoms with E-state index in [-0.39, 0.29) is 23.6 Å². The Morgan fingerprint density at radius 2 is 1.65 bits per heavy atom. The molecule has 2 N–H and O–H groups in total. The maximum absolute atomic E-state index is 13.9. The quantitative estimate of drug-likeness (QED) is 0.726. The standard InChI is InChI=1S/C24H29F2N3O2/c1-15(2)16(3)27-24(31)20-6-4-5-7-22(20)29-12-10-18(11-13-29)28-23(30)19-9-8-17(25)14-21(19)26/h4-9,14-16,18H,10-13H2,1-3H3,(H,27,31)(H,28,30). The molecule has 1 fully saturated rings. The van der Waals surface area contributed by atoms with Gasteiger partial charge in [-0.2, -0.15) is 0 Å². The van der Waals surface area contributed by atoms with Crippen LogP contribution in [0.15, 0.2) is 42.5 Å². The zero-order chi connectivity index (χ0) is 22.5. The van der Waals surface area contributed by atoms with Crippen molar-refractivity contribution in [2.24, 2.45) is 5.92 Å². The summed E-state index contributed by atoms with van der Waals surface area (Å²) in [5.74, 6) is -1.89. The topological polar surface area (TPSA) is 61.4 Å². The van der Waals surface area contributed by atoms with Gasteiger partial charge in [0.25, 0.3) is 11.8 Å². The van der Waals surface area contributed by atoms with Gasteiger partial charge in [-0.15, -0.1) is 0 Å². The van der Waals surface area contributed by atoms with Gasteiger partial charge in [0.15, 0.2) is 0 Å². The number of hydrogen-bond acceptors (Lipinski definition) is 3. The summed E-state index contributed by atoms with van der Waals surface area (Å²) in [6.45, 7) is 7.42. The van der Waals surface area contributed by atoms with Crippen LogP contribution in [0.3, 0.4) is 0 Å². The van der Waals surface area contributed by atoms with E-state index in [4.69, 9.17) is 0 Å². The molecule has 5 nitrogen and oxygen atoms in total. The molecule has 0 saturated carbocycles. The number of carbonyl (C=O) groups excluding carboxylic acids is 2. The smallest absolute Gasteiger partial charge is 0.254 e. The van der Waals surface area contributed by atoms with Crippen LogP contribution in [0, 0.1) is 17.6 Å². The van der Waals surface area contributed by atoms with Crippen molar-refractivity contribution in [2.75, 3.05) is 18.0 Å². The van der Waals surface area contributed by atoms with Crippen LogP contribution in [-0.2, 0) is 0 Å². The number of anilines is 1. The van der Waals surface area contributed by atoms with Crippen molar-refractivity contribution < 1.29 is 18.4 Å². The fourth-order valence-corrected chi connectivity index (χ4v) is 3.59. The molecule has 1 atom stereocenters. The molecule has 7 heteroatoms. The molecule has 1 heterocycles. The average molecular weight is 430 g/mol. The van der Waals surface area contributed by atoms with Crippen LogP contribution < -0.4 is 15.5 Å². The minimum Gasteiger partial charge on any atom is -0.371 e. The number of hydrogen-bond donors (Lipinski definition) is 2. The summed E-state index contributed by atoms with van der Waals surface area (Å²) in [7, 11) is 0. The maximum Gasteiger partial charge on any atom is 0.254 e. The molecule has 1 unspecified atom stereocenters. The molecular formula is C24H29F2N3O2. The van der Waals surface area contributed by atoms with E-state index in [1.165, 1.54) is 0 Å². The van der Waals surface area contributed by atoms with Gasteiger partial charge in [-0.1, -0.05) is 26.0 Å². The van der Waals surface area contributed by atoms with Gasteiger partial charge in [0.1, 0.15) is 11.6 Å². The zero-order valence-electron chi connectivity index (χ0n) is 18.1. The molecular weight excluding hydrogens is 400 g/mol. The molecule has 3 rings (SSSR count). The zero-order valence-corrected chi connectivity index (χ0v) is 18.1. The number of rotatable bonds is 6. The van der Waals surface area contributed by atoms with E-state index in [2.05, 4.69) is 29.4 Å². The number of para-hydroxylation sites is 1. The highest BCUT2D eigenvalue weighted by Crippen LogP contribution is 2.25. The van der Waals surface area contributed by atoms with Crippen molar-refractivity contribution in [1.82, 2.24) is 10.6 Å². The fourth-order valence-electron chi connectivity index (χ4n) is 3.59. The first kappa shape index (κ1) is 22.7. The Morgan fingerprint density at radius 1 is 0.968 bits per heavy atom. The molecule has 2 amide bonds. The number of nitrogens with zero attached hydrogens (tertiary/aromatic N) is 1. The Hall–Kier alpha value is -2.96. The van der Waals surface area contributed by atoms with Crippen LogP contribution in [-0.4, -0.2) is 37.0 Å². The second-order valence-electron chi connectivity index (χ2n) is 8.38. The lowest BCUT2D eigenvalue weighted by atomic mass is 10.0. The Kier molecular flexibility index (Phi) is 7.25. The molecule has 0 bridgehead atoms. The second kappa shape index (κ2) is 9.90. The summed E-state index contributed by atoms with van der Waals surface area (Å²) in [5, 5.41) is 5.89. The van der Waals surface area contributed by atoms with Gasteiger partial charge < -0.3 is 15.5 Å². The molecule has 0 radical (unpaired) electrons. The van der Waals surface area contributed by atoms with Crippen LogP contribution in [0.25, 0.3) is 0 Å². The fraction of sp³-hybridized carbons (Fsp3) is 0.417. The van der Waals surface area contributed by atoms with E-state index in [1.54, 1.807) is 0 Å². The minimum absolute atomic E-state index is 0.0633. The summed E-state index contributed by atoms with van der Waals surface area (Å²) in [6.07, 6.45) is 1.32. The summed E-state index contributed by atoms with van der Waals surface area (Å²) in [6, 6.07) is 10.4. The summed E-state index contributed by atoms with van der Waals surface area (Å²) >= 11 is 0. The van der Waals surface area contributed by atoms with Gasteiger partial charge in [0.05, 0.1) is 11.1 Å². The van der Waals surface area contributed by atoms with Crippen molar-refractivity contribution in [1.29, 1.82) is 0 Å². The molecule has 2 aromatic carbocycles. The lowest BCUT2D eigenvalue weighted by molar-refractivity contribution is 0.0922. The van der Waals surface area contributed by atoms with Gasteiger partial charge >= 0.3 is 0 Å². The predicted molar refractivity (Wildman–Crippen MR) is 117 cm³/mol. The van der Waals surface area contributed by atoms with E-state index < -0.39 is 17.5 Å².